The quantitative estimate of drug-likeness (QED) is 0.408. The van der Waals surface area contributed by atoms with Crippen LogP contribution in [0.15, 0.2) is 0 Å². The number of carbonyl (C=O) groups is 2. The largest absolute Gasteiger partial charge is 0.480 e. The third-order valence-corrected chi connectivity index (χ3v) is 1.53. The third kappa shape index (κ3) is 26.4. The summed E-state index contributed by atoms with van der Waals surface area (Å²) in [5.74, 6) is -1.86. The lowest BCUT2D eigenvalue weighted by Gasteiger charge is -2.05. The number of nitrogens with one attached hydrogen (secondary N) is 1. The van der Waals surface area contributed by atoms with Gasteiger partial charge in [-0.25, -0.2) is 0 Å². The van der Waals surface area contributed by atoms with Crippen molar-refractivity contribution in [3.8, 4) is 0 Å². The molecule has 2 atom stereocenters. The monoisotopic (exact) mass is 282 g/mol. The molecule has 0 radical (unpaired) electrons. The zero-order valence-corrected chi connectivity index (χ0v) is 10.6. The molecule has 8 nitrogen and oxygen atoms in total. The zero-order valence-electron chi connectivity index (χ0n) is 10.6. The number of hydrogen-bond acceptors (Lipinski definition) is 6. The average molecular weight is 282 g/mol. The summed E-state index contributed by atoms with van der Waals surface area (Å²) < 4.78 is 4.50. The zero-order chi connectivity index (χ0) is 14.6. The fraction of sp³-hybridized carbons (Fsp3) is 0.818. The lowest BCUT2D eigenvalue weighted by atomic mass is 10.3. The molecule has 1 saturated heterocycles. The number of aliphatic hydroxyl groups excluding tert-OH is 1. The summed E-state index contributed by atoms with van der Waals surface area (Å²) in [5, 5.41) is 27.0. The van der Waals surface area contributed by atoms with E-state index in [1.165, 1.54) is 13.8 Å². The third-order valence-electron chi connectivity index (χ3n) is 1.53. The first-order valence-electron chi connectivity index (χ1n) is 5.46. The van der Waals surface area contributed by atoms with Crippen molar-refractivity contribution >= 4 is 11.9 Å². The molecule has 0 saturated carbocycles. The van der Waals surface area contributed by atoms with Crippen LogP contribution in [0.3, 0.4) is 0 Å². The number of nitrogens with two attached hydrogens (primary N) is 1. The SMILES string of the molecule is C.C1CO1.CC(N)C(=O)O.CC(NCCO)C(=O)O. The Morgan fingerprint density at radius 3 is 1.79 bits per heavy atom. The van der Waals surface area contributed by atoms with Crippen LogP contribution in [0.5, 0.6) is 0 Å². The lowest BCUT2D eigenvalue weighted by molar-refractivity contribution is -0.139. The summed E-state index contributed by atoms with van der Waals surface area (Å²) in [6, 6.07) is -1.30. The molecule has 1 aliphatic rings. The second kappa shape index (κ2) is 14.8. The van der Waals surface area contributed by atoms with E-state index in [9.17, 15) is 9.59 Å². The van der Waals surface area contributed by atoms with Gasteiger partial charge in [-0.2, -0.15) is 0 Å². The van der Waals surface area contributed by atoms with Crippen LogP contribution in [-0.4, -0.2) is 65.7 Å². The summed E-state index contributed by atoms with van der Waals surface area (Å²) in [6.45, 7) is 5.24. The number of ether oxygens (including phenoxy) is 1. The smallest absolute Gasteiger partial charge is 0.320 e. The predicted molar refractivity (Wildman–Crippen MR) is 71.0 cm³/mol. The van der Waals surface area contributed by atoms with Crippen molar-refractivity contribution in [2.24, 2.45) is 5.73 Å². The van der Waals surface area contributed by atoms with Crippen molar-refractivity contribution in [1.29, 1.82) is 0 Å². The van der Waals surface area contributed by atoms with Gasteiger partial charge in [-0.05, 0) is 13.8 Å². The maximum absolute atomic E-state index is 10.1. The van der Waals surface area contributed by atoms with Crippen LogP contribution < -0.4 is 11.1 Å². The van der Waals surface area contributed by atoms with E-state index in [0.29, 0.717) is 6.54 Å². The van der Waals surface area contributed by atoms with Crippen LogP contribution >= 0.6 is 0 Å². The van der Waals surface area contributed by atoms with Crippen molar-refractivity contribution in [3.05, 3.63) is 0 Å². The summed E-state index contributed by atoms with van der Waals surface area (Å²) in [6.07, 6.45) is 0. The standard InChI is InChI=1S/C5H11NO3.C3H7NO2.C2H4O.CH4/c1-4(5(8)9)6-2-3-7;1-2(4)3(5)6;1-2-3-1;/h4,6-7H,2-3H2,1H3,(H,8,9);2H,4H2,1H3,(H,5,6);1-2H2;1H4. The molecule has 19 heavy (non-hydrogen) atoms. The molecule has 1 rings (SSSR count). The molecular weight excluding hydrogens is 256 g/mol. The van der Waals surface area contributed by atoms with Crippen LogP contribution in [0.4, 0.5) is 0 Å². The first-order valence-corrected chi connectivity index (χ1v) is 5.46. The molecule has 116 valence electrons. The van der Waals surface area contributed by atoms with Crippen molar-refractivity contribution in [3.63, 3.8) is 0 Å². The van der Waals surface area contributed by atoms with E-state index in [4.69, 9.17) is 21.1 Å². The first kappa shape index (κ1) is 22.9. The van der Waals surface area contributed by atoms with Crippen molar-refractivity contribution < 1.29 is 29.6 Å². The number of hydrogen-bond donors (Lipinski definition) is 5. The highest BCUT2D eigenvalue weighted by Gasteiger charge is 2.07. The average Bonchev–Trinajstić information content (AvgIpc) is 3.13. The topological polar surface area (TPSA) is 145 Å². The number of epoxide rings is 1. The molecule has 0 aromatic carbocycles. The Bertz CT molecular complexity index is 230. The minimum atomic E-state index is -0.963. The van der Waals surface area contributed by atoms with Gasteiger partial charge in [-0.15, -0.1) is 0 Å². The summed E-state index contributed by atoms with van der Waals surface area (Å²) in [7, 11) is 0. The van der Waals surface area contributed by atoms with Gasteiger partial charge >= 0.3 is 11.9 Å². The highest BCUT2D eigenvalue weighted by atomic mass is 16.6. The second-order valence-electron chi connectivity index (χ2n) is 3.48. The van der Waals surface area contributed by atoms with Crippen LogP contribution in [0.25, 0.3) is 0 Å². The number of carboxylic acids is 2. The van der Waals surface area contributed by atoms with Gasteiger partial charge in [0.25, 0.3) is 0 Å². The molecule has 0 bridgehead atoms. The predicted octanol–water partition coefficient (Wildman–Crippen LogP) is -0.888. The Kier molecular flexibility index (Phi) is 17.9. The van der Waals surface area contributed by atoms with Gasteiger partial charge in [0.15, 0.2) is 0 Å². The molecule has 0 amide bonds. The summed E-state index contributed by atoms with van der Waals surface area (Å²) >= 11 is 0. The van der Waals surface area contributed by atoms with E-state index in [1.54, 1.807) is 0 Å². The molecule has 0 spiro atoms. The highest BCUT2D eigenvalue weighted by Crippen LogP contribution is 1.84. The van der Waals surface area contributed by atoms with E-state index < -0.39 is 24.0 Å². The van der Waals surface area contributed by atoms with Crippen LogP contribution in [0.1, 0.15) is 21.3 Å². The Balaban J connectivity index is -0.000000220. The van der Waals surface area contributed by atoms with Crippen LogP contribution in [0, 0.1) is 0 Å². The summed E-state index contributed by atoms with van der Waals surface area (Å²) in [4.78, 5) is 19.6. The van der Waals surface area contributed by atoms with Gasteiger partial charge in [0.05, 0.1) is 19.8 Å². The van der Waals surface area contributed by atoms with E-state index in [1.807, 2.05) is 0 Å². The van der Waals surface area contributed by atoms with Crippen molar-refractivity contribution in [1.82, 2.24) is 5.32 Å². The van der Waals surface area contributed by atoms with Gasteiger partial charge in [0.2, 0.25) is 0 Å². The molecule has 1 fully saturated rings. The minimum absolute atomic E-state index is 0. The fourth-order valence-corrected chi connectivity index (χ4v) is 0.368. The number of aliphatic carboxylic acids is 2. The first-order chi connectivity index (χ1) is 8.32. The molecule has 6 N–H and O–H groups in total. The normalized spacial score (nSPS) is 14.3. The fourth-order valence-electron chi connectivity index (χ4n) is 0.368. The second-order valence-corrected chi connectivity index (χ2v) is 3.48. The number of rotatable bonds is 5. The van der Waals surface area contributed by atoms with Crippen LogP contribution in [-0.2, 0) is 14.3 Å². The Labute approximate surface area is 113 Å². The molecule has 2 unspecified atom stereocenters. The van der Waals surface area contributed by atoms with Gasteiger partial charge in [-0.1, -0.05) is 7.43 Å². The number of carboxylic acid groups (broad SMARTS) is 2. The van der Waals surface area contributed by atoms with Crippen LogP contribution in [0.2, 0.25) is 0 Å². The minimum Gasteiger partial charge on any atom is -0.480 e. The van der Waals surface area contributed by atoms with Gasteiger partial charge in [0.1, 0.15) is 12.1 Å². The molecule has 8 heteroatoms. The van der Waals surface area contributed by atoms with E-state index in [2.05, 4.69) is 10.1 Å². The molecule has 0 aromatic heterocycles. The Hall–Kier alpha value is -1.22. The Morgan fingerprint density at radius 2 is 1.63 bits per heavy atom. The molecular formula is C11H26N2O6. The maximum atomic E-state index is 10.1. The van der Waals surface area contributed by atoms with Gasteiger partial charge in [0, 0.05) is 6.54 Å². The van der Waals surface area contributed by atoms with Gasteiger partial charge < -0.3 is 31.1 Å². The van der Waals surface area contributed by atoms with Gasteiger partial charge in [-0.3, -0.25) is 9.59 Å². The maximum Gasteiger partial charge on any atom is 0.320 e. The molecule has 0 aliphatic carbocycles. The van der Waals surface area contributed by atoms with E-state index in [0.717, 1.165) is 13.2 Å². The molecule has 1 heterocycles. The van der Waals surface area contributed by atoms with E-state index >= 15 is 0 Å². The van der Waals surface area contributed by atoms with Crippen molar-refractivity contribution in [2.75, 3.05) is 26.4 Å². The number of aliphatic hydroxyl groups is 1. The highest BCUT2D eigenvalue weighted by molar-refractivity contribution is 5.72. The van der Waals surface area contributed by atoms with E-state index in [-0.39, 0.29) is 14.0 Å². The lowest BCUT2D eigenvalue weighted by Crippen LogP contribution is -2.35. The molecule has 1 aliphatic heterocycles. The van der Waals surface area contributed by atoms with Crippen molar-refractivity contribution in [2.45, 2.75) is 33.4 Å². The Morgan fingerprint density at radius 1 is 1.26 bits per heavy atom. The molecule has 0 aromatic rings. The summed E-state index contributed by atoms with van der Waals surface area (Å²) in [5.41, 5.74) is 4.84.